The molecule has 7 heteroatoms. The second-order valence-corrected chi connectivity index (χ2v) is 7.74. The molecule has 2 aromatic rings. The van der Waals surface area contributed by atoms with Gasteiger partial charge in [0.25, 0.3) is 5.91 Å². The molecule has 0 aliphatic carbocycles. The number of halogens is 3. The van der Waals surface area contributed by atoms with Gasteiger partial charge in [-0.1, -0.05) is 18.2 Å². The highest BCUT2D eigenvalue weighted by atomic mass is 35.5. The third-order valence-electron chi connectivity index (χ3n) is 4.14. The summed E-state index contributed by atoms with van der Waals surface area (Å²) in [6.45, 7) is 5.52. The number of aliphatic hydroxyl groups excluding tert-OH is 1. The average Bonchev–Trinajstić information content (AvgIpc) is 2.55. The van der Waals surface area contributed by atoms with Gasteiger partial charge in [-0.25, -0.2) is 8.78 Å². The lowest BCUT2D eigenvalue weighted by Crippen LogP contribution is -2.42. The Morgan fingerprint density at radius 3 is 2.36 bits per heavy atom. The van der Waals surface area contributed by atoms with Crippen LogP contribution in [0.25, 0.3) is 0 Å². The molecule has 0 saturated carbocycles. The number of hydrogen-bond donors (Lipinski definition) is 3. The van der Waals surface area contributed by atoms with Crippen LogP contribution in [-0.2, 0) is 12.8 Å². The van der Waals surface area contributed by atoms with E-state index in [0.29, 0.717) is 11.1 Å². The molecule has 0 saturated heterocycles. The highest BCUT2D eigenvalue weighted by Crippen LogP contribution is 2.18. The fourth-order valence-electron chi connectivity index (χ4n) is 2.79. The predicted molar refractivity (Wildman–Crippen MR) is 109 cm³/mol. The highest BCUT2D eigenvalue weighted by Gasteiger charge is 2.23. The Morgan fingerprint density at radius 1 is 1.11 bits per heavy atom. The van der Waals surface area contributed by atoms with Crippen molar-refractivity contribution in [3.8, 4) is 0 Å². The van der Waals surface area contributed by atoms with E-state index < -0.39 is 29.3 Å². The summed E-state index contributed by atoms with van der Waals surface area (Å²) in [5, 5.41) is 13.3. The molecule has 0 radical (unpaired) electrons. The van der Waals surface area contributed by atoms with Gasteiger partial charge in [0.2, 0.25) is 0 Å². The van der Waals surface area contributed by atoms with E-state index in [-0.39, 0.29) is 36.7 Å². The van der Waals surface area contributed by atoms with E-state index in [9.17, 15) is 18.7 Å². The van der Waals surface area contributed by atoms with Gasteiger partial charge in [0.15, 0.2) is 0 Å². The fraction of sp³-hybridized carbons (Fsp3) is 0.381. The maximum absolute atomic E-state index is 13.8. The van der Waals surface area contributed by atoms with E-state index in [2.05, 4.69) is 5.32 Å². The quantitative estimate of drug-likeness (QED) is 0.680. The lowest BCUT2D eigenvalue weighted by molar-refractivity contribution is 0.0916. The van der Waals surface area contributed by atoms with Crippen molar-refractivity contribution < 1.29 is 18.7 Å². The van der Waals surface area contributed by atoms with Crippen LogP contribution in [0.2, 0.25) is 0 Å². The number of rotatable bonds is 6. The zero-order valence-electron chi connectivity index (χ0n) is 16.2. The summed E-state index contributed by atoms with van der Waals surface area (Å²) in [7, 11) is 0. The fourth-order valence-corrected chi connectivity index (χ4v) is 2.79. The lowest BCUT2D eigenvalue weighted by Gasteiger charge is -2.23. The first kappa shape index (κ1) is 24.0. The van der Waals surface area contributed by atoms with E-state index in [1.807, 2.05) is 20.8 Å². The zero-order chi connectivity index (χ0) is 20.2. The molecule has 154 valence electrons. The number of nitrogens with one attached hydrogen (secondary N) is 1. The van der Waals surface area contributed by atoms with Gasteiger partial charge in [-0.3, -0.25) is 4.79 Å². The van der Waals surface area contributed by atoms with E-state index in [0.717, 1.165) is 0 Å². The van der Waals surface area contributed by atoms with Crippen molar-refractivity contribution in [3.05, 3.63) is 70.8 Å². The Kier molecular flexibility index (Phi) is 8.54. The molecule has 1 amide bonds. The molecule has 4 N–H and O–H groups in total. The van der Waals surface area contributed by atoms with Crippen LogP contribution >= 0.6 is 12.4 Å². The molecule has 0 heterocycles. The monoisotopic (exact) mass is 412 g/mol. The molecule has 2 aromatic carbocycles. The summed E-state index contributed by atoms with van der Waals surface area (Å²) in [6, 6.07) is 9.25. The number of amides is 1. The third kappa shape index (κ3) is 6.86. The second kappa shape index (κ2) is 9.96. The molecule has 0 aromatic heterocycles. The SMILES string of the molecule is CC(C)(C)NC(=O)c1ccc(F)cc1C[C@H](O)[C@H](N)Cc1ccccc1F.Cl. The topological polar surface area (TPSA) is 75.3 Å². The Balaban J connectivity index is 0.00000392. The van der Waals surface area contributed by atoms with Crippen molar-refractivity contribution in [1.29, 1.82) is 0 Å². The molecule has 0 fully saturated rings. The van der Waals surface area contributed by atoms with E-state index in [1.165, 1.54) is 24.3 Å². The molecular weight excluding hydrogens is 386 g/mol. The molecular formula is C21H27ClF2N2O2. The summed E-state index contributed by atoms with van der Waals surface area (Å²) < 4.78 is 27.5. The molecule has 4 nitrogen and oxygen atoms in total. The van der Waals surface area contributed by atoms with Crippen LogP contribution in [0.5, 0.6) is 0 Å². The van der Waals surface area contributed by atoms with Gasteiger partial charge in [-0.2, -0.15) is 0 Å². The highest BCUT2D eigenvalue weighted by molar-refractivity contribution is 5.96. The first-order valence-corrected chi connectivity index (χ1v) is 8.85. The van der Waals surface area contributed by atoms with Gasteiger partial charge in [0.05, 0.1) is 6.10 Å². The van der Waals surface area contributed by atoms with Gasteiger partial charge >= 0.3 is 0 Å². The van der Waals surface area contributed by atoms with Gasteiger partial charge in [0, 0.05) is 23.6 Å². The molecule has 2 rings (SSSR count). The number of carbonyl (C=O) groups excluding carboxylic acids is 1. The van der Waals surface area contributed by atoms with Crippen molar-refractivity contribution in [2.75, 3.05) is 0 Å². The van der Waals surface area contributed by atoms with Crippen molar-refractivity contribution >= 4 is 18.3 Å². The van der Waals surface area contributed by atoms with Crippen LogP contribution in [0, 0.1) is 11.6 Å². The van der Waals surface area contributed by atoms with Gasteiger partial charge < -0.3 is 16.2 Å². The zero-order valence-corrected chi connectivity index (χ0v) is 17.0. The molecule has 2 atom stereocenters. The summed E-state index contributed by atoms with van der Waals surface area (Å²) in [6.07, 6.45) is -0.944. The Morgan fingerprint density at radius 2 is 1.75 bits per heavy atom. The summed E-state index contributed by atoms with van der Waals surface area (Å²) in [4.78, 5) is 12.5. The van der Waals surface area contributed by atoms with E-state index in [1.54, 1.807) is 18.2 Å². The Bertz CT molecular complexity index is 809. The van der Waals surface area contributed by atoms with Crippen LogP contribution in [0.1, 0.15) is 42.3 Å². The van der Waals surface area contributed by atoms with Crippen LogP contribution < -0.4 is 11.1 Å². The van der Waals surface area contributed by atoms with Crippen LogP contribution in [-0.4, -0.2) is 28.7 Å². The average molecular weight is 413 g/mol. The Labute approximate surface area is 170 Å². The van der Waals surface area contributed by atoms with E-state index >= 15 is 0 Å². The van der Waals surface area contributed by atoms with E-state index in [4.69, 9.17) is 5.73 Å². The maximum Gasteiger partial charge on any atom is 0.251 e. The summed E-state index contributed by atoms with van der Waals surface area (Å²) in [5.74, 6) is -1.25. The third-order valence-corrected chi connectivity index (χ3v) is 4.14. The van der Waals surface area contributed by atoms with Crippen molar-refractivity contribution in [2.45, 2.75) is 51.3 Å². The first-order chi connectivity index (χ1) is 12.6. The van der Waals surface area contributed by atoms with Crippen molar-refractivity contribution in [1.82, 2.24) is 5.32 Å². The van der Waals surface area contributed by atoms with Gasteiger partial charge in [-0.15, -0.1) is 12.4 Å². The second-order valence-electron chi connectivity index (χ2n) is 7.74. The van der Waals surface area contributed by atoms with Crippen molar-refractivity contribution in [2.24, 2.45) is 5.73 Å². The molecule has 0 aliphatic rings. The molecule has 0 bridgehead atoms. The molecule has 0 spiro atoms. The normalized spacial score (nSPS) is 13.4. The first-order valence-electron chi connectivity index (χ1n) is 8.85. The van der Waals surface area contributed by atoms with Crippen LogP contribution in [0.4, 0.5) is 8.78 Å². The lowest BCUT2D eigenvalue weighted by atomic mass is 9.94. The Hall–Kier alpha value is -2.02. The van der Waals surface area contributed by atoms with Gasteiger partial charge in [-0.05, 0) is 62.6 Å². The van der Waals surface area contributed by atoms with Gasteiger partial charge in [0.1, 0.15) is 11.6 Å². The minimum absolute atomic E-state index is 0. The smallest absolute Gasteiger partial charge is 0.251 e. The van der Waals surface area contributed by atoms with Crippen LogP contribution in [0.15, 0.2) is 42.5 Å². The van der Waals surface area contributed by atoms with Crippen molar-refractivity contribution in [3.63, 3.8) is 0 Å². The molecule has 0 unspecified atom stereocenters. The predicted octanol–water partition coefficient (Wildman–Crippen LogP) is 3.39. The number of benzene rings is 2. The number of carbonyl (C=O) groups is 1. The maximum atomic E-state index is 13.8. The minimum atomic E-state index is -1.06. The number of aliphatic hydroxyl groups is 1. The van der Waals surface area contributed by atoms with Crippen LogP contribution in [0.3, 0.4) is 0 Å². The number of nitrogens with two attached hydrogens (primary N) is 1. The molecule has 0 aliphatic heterocycles. The number of hydrogen-bond acceptors (Lipinski definition) is 3. The summed E-state index contributed by atoms with van der Waals surface area (Å²) >= 11 is 0. The molecule has 28 heavy (non-hydrogen) atoms. The largest absolute Gasteiger partial charge is 0.391 e. The summed E-state index contributed by atoms with van der Waals surface area (Å²) in [5.41, 5.74) is 6.60. The standard InChI is InChI=1S/C21H26F2N2O2.ClH/c1-21(2,3)25-20(27)16-9-8-15(22)10-14(16)12-19(26)18(24)11-13-6-4-5-7-17(13)23;/h4-10,18-19,26H,11-12,24H2,1-3H3,(H,25,27);1H/t18-,19+;/m1./s1. The minimum Gasteiger partial charge on any atom is -0.391 e.